The van der Waals surface area contributed by atoms with E-state index in [1.54, 1.807) is 11.8 Å². The molecule has 0 spiro atoms. The first-order valence-corrected chi connectivity index (χ1v) is 7.02. The van der Waals surface area contributed by atoms with Gasteiger partial charge >= 0.3 is 0 Å². The van der Waals surface area contributed by atoms with Gasteiger partial charge < -0.3 is 10.1 Å². The van der Waals surface area contributed by atoms with Crippen molar-refractivity contribution in [2.24, 2.45) is 0 Å². The van der Waals surface area contributed by atoms with Gasteiger partial charge in [-0.1, -0.05) is 47.6 Å². The Bertz CT molecular complexity index is 726. The van der Waals surface area contributed by atoms with E-state index in [0.717, 1.165) is 16.8 Å². The molecular weight excluding hydrogens is 278 g/mol. The van der Waals surface area contributed by atoms with E-state index in [9.17, 15) is 0 Å². The number of hydrogen-bond acceptors (Lipinski definition) is 5. The quantitative estimate of drug-likeness (QED) is 0.756. The first-order valence-electron chi connectivity index (χ1n) is 7.02. The predicted molar refractivity (Wildman–Crippen MR) is 83.6 cm³/mol. The standard InChI is InChI=1S/C16H17N5O/c1-22-12-14-8-6-5-7-13(14)11-17-16-18-19-20-21(16)15-9-3-2-4-10-15/h2-10H,11-12H2,1H3,(H,17,18,20). The Balaban J connectivity index is 1.77. The van der Waals surface area contributed by atoms with Crippen LogP contribution in [0.1, 0.15) is 11.1 Å². The van der Waals surface area contributed by atoms with Crippen LogP contribution in [0, 0.1) is 0 Å². The Morgan fingerprint density at radius 3 is 2.50 bits per heavy atom. The molecule has 22 heavy (non-hydrogen) atoms. The Hall–Kier alpha value is -2.73. The number of ether oxygens (including phenoxy) is 1. The van der Waals surface area contributed by atoms with E-state index in [4.69, 9.17) is 4.74 Å². The van der Waals surface area contributed by atoms with Gasteiger partial charge in [-0.15, -0.1) is 0 Å². The van der Waals surface area contributed by atoms with Gasteiger partial charge in [-0.05, 0) is 33.7 Å². The lowest BCUT2D eigenvalue weighted by molar-refractivity contribution is 0.184. The van der Waals surface area contributed by atoms with Crippen molar-refractivity contribution in [3.05, 3.63) is 65.7 Å². The second-order valence-corrected chi connectivity index (χ2v) is 4.81. The maximum Gasteiger partial charge on any atom is 0.248 e. The van der Waals surface area contributed by atoms with Gasteiger partial charge in [0, 0.05) is 13.7 Å². The van der Waals surface area contributed by atoms with Crippen molar-refractivity contribution in [3.8, 4) is 5.69 Å². The van der Waals surface area contributed by atoms with Crippen LogP contribution < -0.4 is 5.32 Å². The molecule has 0 aliphatic carbocycles. The summed E-state index contributed by atoms with van der Waals surface area (Å²) in [5.41, 5.74) is 3.23. The topological polar surface area (TPSA) is 64.9 Å². The number of nitrogens with zero attached hydrogens (tertiary/aromatic N) is 4. The fourth-order valence-corrected chi connectivity index (χ4v) is 2.24. The average molecular weight is 295 g/mol. The zero-order valence-electron chi connectivity index (χ0n) is 12.3. The van der Waals surface area contributed by atoms with Crippen molar-refractivity contribution >= 4 is 5.95 Å². The third-order valence-electron chi connectivity index (χ3n) is 3.33. The van der Waals surface area contributed by atoms with Crippen LogP contribution in [-0.2, 0) is 17.9 Å². The average Bonchev–Trinajstić information content (AvgIpc) is 3.04. The highest BCUT2D eigenvalue weighted by Gasteiger charge is 2.08. The molecule has 0 aliphatic rings. The summed E-state index contributed by atoms with van der Waals surface area (Å²) in [6, 6.07) is 17.9. The van der Waals surface area contributed by atoms with E-state index in [2.05, 4.69) is 33.0 Å². The number of methoxy groups -OCH3 is 1. The molecule has 0 saturated heterocycles. The summed E-state index contributed by atoms with van der Waals surface area (Å²) >= 11 is 0. The van der Waals surface area contributed by atoms with E-state index in [-0.39, 0.29) is 0 Å². The van der Waals surface area contributed by atoms with Gasteiger partial charge in [0.15, 0.2) is 0 Å². The van der Waals surface area contributed by atoms with Gasteiger partial charge in [0.1, 0.15) is 0 Å². The van der Waals surface area contributed by atoms with Crippen LogP contribution in [-0.4, -0.2) is 27.3 Å². The fourth-order valence-electron chi connectivity index (χ4n) is 2.24. The van der Waals surface area contributed by atoms with Crippen molar-refractivity contribution in [2.45, 2.75) is 13.2 Å². The largest absolute Gasteiger partial charge is 0.380 e. The summed E-state index contributed by atoms with van der Waals surface area (Å²) in [5, 5.41) is 15.1. The highest BCUT2D eigenvalue weighted by atomic mass is 16.5. The van der Waals surface area contributed by atoms with E-state index in [0.29, 0.717) is 19.1 Å². The molecule has 1 aromatic heterocycles. The van der Waals surface area contributed by atoms with Gasteiger partial charge in [-0.25, -0.2) is 0 Å². The summed E-state index contributed by atoms with van der Waals surface area (Å²) < 4.78 is 6.90. The smallest absolute Gasteiger partial charge is 0.248 e. The minimum atomic E-state index is 0.585. The molecule has 0 atom stereocenters. The van der Waals surface area contributed by atoms with Crippen LogP contribution in [0.25, 0.3) is 5.69 Å². The number of benzene rings is 2. The molecule has 1 heterocycles. The molecule has 0 radical (unpaired) electrons. The lowest BCUT2D eigenvalue weighted by atomic mass is 10.1. The van der Waals surface area contributed by atoms with Gasteiger partial charge in [0.25, 0.3) is 0 Å². The first-order chi connectivity index (χ1) is 10.9. The molecule has 2 aromatic carbocycles. The van der Waals surface area contributed by atoms with Gasteiger partial charge in [-0.2, -0.15) is 4.68 Å². The zero-order chi connectivity index (χ0) is 15.2. The van der Waals surface area contributed by atoms with Crippen LogP contribution in [0.4, 0.5) is 5.95 Å². The highest BCUT2D eigenvalue weighted by Crippen LogP contribution is 2.14. The van der Waals surface area contributed by atoms with E-state index in [1.807, 2.05) is 42.5 Å². The molecule has 6 heteroatoms. The minimum Gasteiger partial charge on any atom is -0.380 e. The fraction of sp³-hybridized carbons (Fsp3) is 0.188. The molecular formula is C16H17N5O. The lowest BCUT2D eigenvalue weighted by Crippen LogP contribution is -2.09. The highest BCUT2D eigenvalue weighted by molar-refractivity contribution is 5.39. The molecule has 1 N–H and O–H groups in total. The lowest BCUT2D eigenvalue weighted by Gasteiger charge is -2.10. The summed E-state index contributed by atoms with van der Waals surface area (Å²) in [7, 11) is 1.69. The monoisotopic (exact) mass is 295 g/mol. The van der Waals surface area contributed by atoms with Crippen LogP contribution in [0.3, 0.4) is 0 Å². The van der Waals surface area contributed by atoms with Gasteiger partial charge in [0.05, 0.1) is 12.3 Å². The molecule has 0 fully saturated rings. The molecule has 0 unspecified atom stereocenters. The molecule has 0 amide bonds. The number of anilines is 1. The number of rotatable bonds is 6. The maximum atomic E-state index is 5.23. The van der Waals surface area contributed by atoms with Crippen molar-refractivity contribution in [1.82, 2.24) is 20.2 Å². The Labute approximate surface area is 128 Å². The van der Waals surface area contributed by atoms with E-state index >= 15 is 0 Å². The van der Waals surface area contributed by atoms with Crippen molar-refractivity contribution in [3.63, 3.8) is 0 Å². The Morgan fingerprint density at radius 2 is 1.73 bits per heavy atom. The third-order valence-corrected chi connectivity index (χ3v) is 3.33. The van der Waals surface area contributed by atoms with Crippen molar-refractivity contribution in [2.75, 3.05) is 12.4 Å². The summed E-state index contributed by atoms with van der Waals surface area (Å²) in [5.74, 6) is 0.610. The van der Waals surface area contributed by atoms with Crippen molar-refractivity contribution < 1.29 is 4.74 Å². The molecule has 0 bridgehead atoms. The first kappa shape index (κ1) is 14.2. The number of aromatic nitrogens is 4. The van der Waals surface area contributed by atoms with Gasteiger partial charge in [-0.3, -0.25) is 0 Å². The Kier molecular flexibility index (Phi) is 4.41. The number of hydrogen-bond donors (Lipinski definition) is 1. The zero-order valence-corrected chi connectivity index (χ0v) is 12.3. The molecule has 0 saturated carbocycles. The summed E-state index contributed by atoms with van der Waals surface area (Å²) in [4.78, 5) is 0. The number of para-hydroxylation sites is 1. The van der Waals surface area contributed by atoms with Crippen LogP contribution in [0.2, 0.25) is 0 Å². The van der Waals surface area contributed by atoms with Crippen LogP contribution >= 0.6 is 0 Å². The summed E-state index contributed by atoms with van der Waals surface area (Å²) in [6.07, 6.45) is 0. The predicted octanol–water partition coefficient (Wildman–Crippen LogP) is 2.42. The van der Waals surface area contributed by atoms with E-state index in [1.165, 1.54) is 0 Å². The Morgan fingerprint density at radius 1 is 1.00 bits per heavy atom. The summed E-state index contributed by atoms with van der Waals surface area (Å²) in [6.45, 7) is 1.22. The molecule has 112 valence electrons. The van der Waals surface area contributed by atoms with E-state index < -0.39 is 0 Å². The second kappa shape index (κ2) is 6.82. The third kappa shape index (κ3) is 3.12. The van der Waals surface area contributed by atoms with Crippen molar-refractivity contribution in [1.29, 1.82) is 0 Å². The number of nitrogens with one attached hydrogen (secondary N) is 1. The minimum absolute atomic E-state index is 0.585. The molecule has 6 nitrogen and oxygen atoms in total. The maximum absolute atomic E-state index is 5.23. The van der Waals surface area contributed by atoms with Crippen LogP contribution in [0.5, 0.6) is 0 Å². The second-order valence-electron chi connectivity index (χ2n) is 4.81. The van der Waals surface area contributed by atoms with Crippen LogP contribution in [0.15, 0.2) is 54.6 Å². The SMILES string of the molecule is COCc1ccccc1CNc1nnnn1-c1ccccc1. The number of tetrazole rings is 1. The van der Waals surface area contributed by atoms with Gasteiger partial charge in [0.2, 0.25) is 5.95 Å². The molecule has 3 rings (SSSR count). The normalized spacial score (nSPS) is 10.6. The molecule has 0 aliphatic heterocycles. The molecule has 3 aromatic rings.